The molecular formula is C13H15N3O. The molecule has 88 valence electrons. The quantitative estimate of drug-likeness (QED) is 0.784. The van der Waals surface area contributed by atoms with Gasteiger partial charge in [-0.1, -0.05) is 6.07 Å². The Kier molecular flexibility index (Phi) is 3.40. The van der Waals surface area contributed by atoms with Gasteiger partial charge in [-0.3, -0.25) is 4.79 Å². The van der Waals surface area contributed by atoms with Gasteiger partial charge in [0, 0.05) is 24.7 Å². The number of likely N-dealkylation sites (tertiary alicyclic amines) is 1. The highest BCUT2D eigenvalue weighted by Crippen LogP contribution is 2.13. The molecule has 0 radical (unpaired) electrons. The number of nitriles is 1. The molecule has 1 fully saturated rings. The maximum atomic E-state index is 12.2. The van der Waals surface area contributed by atoms with Crippen LogP contribution in [0.15, 0.2) is 24.3 Å². The number of hydrogen-bond donors (Lipinski definition) is 1. The number of amides is 1. The molecule has 1 amide bonds. The first-order chi connectivity index (χ1) is 8.20. The van der Waals surface area contributed by atoms with Crippen LogP contribution < -0.4 is 5.73 Å². The second-order valence-corrected chi connectivity index (χ2v) is 4.35. The minimum atomic E-state index is -0.0303. The number of carbonyl (C=O) groups excluding carboxylic acids is 1. The highest BCUT2D eigenvalue weighted by atomic mass is 16.2. The van der Waals surface area contributed by atoms with E-state index in [0.717, 1.165) is 19.4 Å². The second-order valence-electron chi connectivity index (χ2n) is 4.35. The van der Waals surface area contributed by atoms with Crippen molar-refractivity contribution in [3.8, 4) is 6.07 Å². The lowest BCUT2D eigenvalue weighted by Gasteiger charge is -2.30. The number of piperidine rings is 1. The zero-order valence-corrected chi connectivity index (χ0v) is 9.60. The van der Waals surface area contributed by atoms with E-state index in [1.165, 1.54) is 0 Å². The van der Waals surface area contributed by atoms with Crippen LogP contribution in [0.1, 0.15) is 28.8 Å². The average molecular weight is 229 g/mol. The number of hydrogen-bond acceptors (Lipinski definition) is 3. The number of benzene rings is 1. The minimum absolute atomic E-state index is 0.0303. The van der Waals surface area contributed by atoms with Crippen LogP contribution in [0.2, 0.25) is 0 Å². The minimum Gasteiger partial charge on any atom is -0.337 e. The van der Waals surface area contributed by atoms with Gasteiger partial charge >= 0.3 is 0 Å². The van der Waals surface area contributed by atoms with Crippen LogP contribution in [0.3, 0.4) is 0 Å². The van der Waals surface area contributed by atoms with E-state index in [1.807, 2.05) is 6.07 Å². The van der Waals surface area contributed by atoms with E-state index in [4.69, 9.17) is 11.0 Å². The Morgan fingerprint density at radius 1 is 1.53 bits per heavy atom. The summed E-state index contributed by atoms with van der Waals surface area (Å²) >= 11 is 0. The highest BCUT2D eigenvalue weighted by molar-refractivity contribution is 5.94. The SMILES string of the molecule is N#Cc1cccc(C(=O)N2CCC[C@H](N)C2)c1. The number of rotatable bonds is 1. The molecule has 1 atom stereocenters. The van der Waals surface area contributed by atoms with Crippen molar-refractivity contribution in [1.82, 2.24) is 4.90 Å². The smallest absolute Gasteiger partial charge is 0.253 e. The summed E-state index contributed by atoms with van der Waals surface area (Å²) in [6.45, 7) is 1.36. The van der Waals surface area contributed by atoms with Crippen molar-refractivity contribution in [2.75, 3.05) is 13.1 Å². The Bertz CT molecular complexity index is 464. The third-order valence-corrected chi connectivity index (χ3v) is 2.98. The molecule has 4 nitrogen and oxygen atoms in total. The molecule has 0 saturated carbocycles. The molecule has 0 aromatic heterocycles. The fraction of sp³-hybridized carbons (Fsp3) is 0.385. The maximum Gasteiger partial charge on any atom is 0.253 e. The van der Waals surface area contributed by atoms with E-state index >= 15 is 0 Å². The molecule has 1 aromatic carbocycles. The lowest BCUT2D eigenvalue weighted by molar-refractivity contribution is 0.0709. The molecule has 4 heteroatoms. The Hall–Kier alpha value is -1.86. The van der Waals surface area contributed by atoms with E-state index in [9.17, 15) is 4.79 Å². The van der Waals surface area contributed by atoms with Gasteiger partial charge in [-0.15, -0.1) is 0 Å². The molecule has 1 saturated heterocycles. The first-order valence-corrected chi connectivity index (χ1v) is 5.75. The molecule has 1 aliphatic rings. The molecule has 17 heavy (non-hydrogen) atoms. The number of carbonyl (C=O) groups is 1. The number of nitrogens with two attached hydrogens (primary N) is 1. The summed E-state index contributed by atoms with van der Waals surface area (Å²) < 4.78 is 0. The third-order valence-electron chi connectivity index (χ3n) is 2.98. The first kappa shape index (κ1) is 11.6. The summed E-state index contributed by atoms with van der Waals surface area (Å²) in [6, 6.07) is 8.91. The summed E-state index contributed by atoms with van der Waals surface area (Å²) in [6.07, 6.45) is 1.92. The molecule has 0 spiro atoms. The Balaban J connectivity index is 2.16. The first-order valence-electron chi connectivity index (χ1n) is 5.75. The Labute approximate surface area is 101 Å². The van der Waals surface area contributed by atoms with Crippen molar-refractivity contribution in [1.29, 1.82) is 5.26 Å². The lowest BCUT2D eigenvalue weighted by atomic mass is 10.0. The van der Waals surface area contributed by atoms with Gasteiger partial charge in [0.2, 0.25) is 0 Å². The van der Waals surface area contributed by atoms with Gasteiger partial charge in [-0.05, 0) is 31.0 Å². The predicted molar refractivity (Wildman–Crippen MR) is 64.3 cm³/mol. The highest BCUT2D eigenvalue weighted by Gasteiger charge is 2.22. The summed E-state index contributed by atoms with van der Waals surface area (Å²) in [5.41, 5.74) is 6.93. The van der Waals surface area contributed by atoms with Gasteiger partial charge < -0.3 is 10.6 Å². The van der Waals surface area contributed by atoms with Crippen LogP contribution in [0.25, 0.3) is 0 Å². The van der Waals surface area contributed by atoms with E-state index < -0.39 is 0 Å². The normalized spacial score (nSPS) is 19.8. The zero-order chi connectivity index (χ0) is 12.3. The third kappa shape index (κ3) is 2.63. The van der Waals surface area contributed by atoms with Crippen molar-refractivity contribution >= 4 is 5.91 Å². The predicted octanol–water partition coefficient (Wildman–Crippen LogP) is 1.12. The summed E-state index contributed by atoms with van der Waals surface area (Å²) in [5.74, 6) is -0.0303. The van der Waals surface area contributed by atoms with Gasteiger partial charge in [0.05, 0.1) is 11.6 Å². The summed E-state index contributed by atoms with van der Waals surface area (Å²) in [5, 5.41) is 8.80. The summed E-state index contributed by atoms with van der Waals surface area (Å²) in [4.78, 5) is 13.9. The molecule has 2 N–H and O–H groups in total. The molecule has 1 aliphatic heterocycles. The van der Waals surface area contributed by atoms with Crippen molar-refractivity contribution in [2.45, 2.75) is 18.9 Å². The van der Waals surface area contributed by atoms with Crippen molar-refractivity contribution in [2.24, 2.45) is 5.73 Å². The topological polar surface area (TPSA) is 70.1 Å². The molecule has 2 rings (SSSR count). The van der Waals surface area contributed by atoms with Gasteiger partial charge in [-0.2, -0.15) is 5.26 Å². The largest absolute Gasteiger partial charge is 0.337 e. The van der Waals surface area contributed by atoms with Crippen LogP contribution in [-0.4, -0.2) is 29.9 Å². The van der Waals surface area contributed by atoms with E-state index in [-0.39, 0.29) is 11.9 Å². The molecule has 0 aliphatic carbocycles. The zero-order valence-electron chi connectivity index (χ0n) is 9.60. The fourth-order valence-corrected chi connectivity index (χ4v) is 2.10. The fourth-order valence-electron chi connectivity index (χ4n) is 2.10. The van der Waals surface area contributed by atoms with Gasteiger partial charge in [-0.25, -0.2) is 0 Å². The standard InChI is InChI=1S/C13H15N3O/c14-8-10-3-1-4-11(7-10)13(17)16-6-2-5-12(15)9-16/h1,3-4,7,12H,2,5-6,9,15H2/t12-/m0/s1. The van der Waals surface area contributed by atoms with Crippen molar-refractivity contribution in [3.05, 3.63) is 35.4 Å². The van der Waals surface area contributed by atoms with Gasteiger partial charge in [0.1, 0.15) is 0 Å². The van der Waals surface area contributed by atoms with Crippen LogP contribution in [0.5, 0.6) is 0 Å². The monoisotopic (exact) mass is 229 g/mol. The molecule has 0 unspecified atom stereocenters. The van der Waals surface area contributed by atoms with Gasteiger partial charge in [0.25, 0.3) is 5.91 Å². The Morgan fingerprint density at radius 2 is 2.35 bits per heavy atom. The average Bonchev–Trinajstić information content (AvgIpc) is 2.38. The maximum absolute atomic E-state index is 12.2. The molecule has 1 aromatic rings. The van der Waals surface area contributed by atoms with Crippen LogP contribution in [0.4, 0.5) is 0 Å². The van der Waals surface area contributed by atoms with Gasteiger partial charge in [0.15, 0.2) is 0 Å². The Morgan fingerprint density at radius 3 is 3.06 bits per heavy atom. The second kappa shape index (κ2) is 4.98. The molecule has 0 bridgehead atoms. The van der Waals surface area contributed by atoms with E-state index in [1.54, 1.807) is 29.2 Å². The number of nitrogens with zero attached hydrogens (tertiary/aromatic N) is 2. The van der Waals surface area contributed by atoms with Crippen molar-refractivity contribution in [3.63, 3.8) is 0 Å². The summed E-state index contributed by atoms with van der Waals surface area (Å²) in [7, 11) is 0. The van der Waals surface area contributed by atoms with Crippen LogP contribution in [0, 0.1) is 11.3 Å². The van der Waals surface area contributed by atoms with E-state index in [2.05, 4.69) is 0 Å². The van der Waals surface area contributed by atoms with E-state index in [0.29, 0.717) is 17.7 Å². The van der Waals surface area contributed by atoms with Crippen LogP contribution >= 0.6 is 0 Å². The lowest BCUT2D eigenvalue weighted by Crippen LogP contribution is -2.45. The molecule has 1 heterocycles. The van der Waals surface area contributed by atoms with Crippen LogP contribution in [-0.2, 0) is 0 Å². The molecular weight excluding hydrogens is 214 g/mol. The van der Waals surface area contributed by atoms with Crippen molar-refractivity contribution < 1.29 is 4.79 Å².